The molecule has 0 aliphatic rings. The fraction of sp³-hybridized carbons (Fsp3) is 0.250. The van der Waals surface area contributed by atoms with Gasteiger partial charge in [0.1, 0.15) is 0 Å². The first-order chi connectivity index (χ1) is 10.1. The van der Waals surface area contributed by atoms with Gasteiger partial charge in [-0.25, -0.2) is 0 Å². The van der Waals surface area contributed by atoms with E-state index in [0.717, 1.165) is 18.7 Å². The highest BCUT2D eigenvalue weighted by Crippen LogP contribution is 2.10. The van der Waals surface area contributed by atoms with Gasteiger partial charge in [0, 0.05) is 30.3 Å². The van der Waals surface area contributed by atoms with E-state index in [9.17, 15) is 4.79 Å². The fourth-order valence-electron chi connectivity index (χ4n) is 1.96. The second-order valence-electron chi connectivity index (χ2n) is 5.01. The molecule has 0 saturated heterocycles. The maximum Gasteiger partial charge on any atom is 0.238 e. The lowest BCUT2D eigenvalue weighted by Gasteiger charge is -2.16. The molecule has 5 nitrogen and oxygen atoms in total. The maximum absolute atomic E-state index is 11.9. The number of nitrogens with two attached hydrogens (primary N) is 1. The number of carbonyl (C=O) groups excluding carboxylic acids is 1. The Morgan fingerprint density at radius 3 is 2.52 bits per heavy atom. The number of rotatable bonds is 6. The van der Waals surface area contributed by atoms with Crippen molar-refractivity contribution in [1.82, 2.24) is 9.88 Å². The summed E-state index contributed by atoms with van der Waals surface area (Å²) in [7, 11) is 1.93. The molecular weight excluding hydrogens is 264 g/mol. The predicted molar refractivity (Wildman–Crippen MR) is 84.9 cm³/mol. The number of nitrogen functional groups attached to an aromatic ring is 1. The molecule has 0 aliphatic heterocycles. The number of nitrogens with one attached hydrogen (secondary N) is 1. The first-order valence-electron chi connectivity index (χ1n) is 6.86. The van der Waals surface area contributed by atoms with Crippen molar-refractivity contribution in [3.05, 3.63) is 54.4 Å². The maximum atomic E-state index is 11.9. The van der Waals surface area contributed by atoms with E-state index >= 15 is 0 Å². The van der Waals surface area contributed by atoms with Crippen molar-refractivity contribution in [2.24, 2.45) is 0 Å². The fourth-order valence-corrected chi connectivity index (χ4v) is 1.96. The average Bonchev–Trinajstić information content (AvgIpc) is 2.48. The lowest BCUT2D eigenvalue weighted by atomic mass is 10.2. The van der Waals surface area contributed by atoms with Gasteiger partial charge in [-0.05, 0) is 55.4 Å². The molecule has 0 radical (unpaired) electrons. The van der Waals surface area contributed by atoms with Crippen molar-refractivity contribution < 1.29 is 4.79 Å². The highest BCUT2D eigenvalue weighted by Gasteiger charge is 2.07. The Kier molecular flexibility index (Phi) is 5.29. The second kappa shape index (κ2) is 7.40. The Hall–Kier alpha value is -2.40. The van der Waals surface area contributed by atoms with E-state index in [1.165, 1.54) is 5.56 Å². The highest BCUT2D eigenvalue weighted by atomic mass is 16.2. The van der Waals surface area contributed by atoms with Crippen LogP contribution in [-0.2, 0) is 11.2 Å². The SMILES string of the molecule is CN(CCc1ccncc1)CC(=O)Nc1ccc(N)cc1. The van der Waals surface area contributed by atoms with Gasteiger partial charge >= 0.3 is 0 Å². The smallest absolute Gasteiger partial charge is 0.238 e. The highest BCUT2D eigenvalue weighted by molar-refractivity contribution is 5.92. The van der Waals surface area contributed by atoms with Crippen LogP contribution >= 0.6 is 0 Å². The lowest BCUT2D eigenvalue weighted by molar-refractivity contribution is -0.117. The van der Waals surface area contributed by atoms with Gasteiger partial charge < -0.3 is 11.1 Å². The van der Waals surface area contributed by atoms with Gasteiger partial charge in [0.25, 0.3) is 0 Å². The van der Waals surface area contributed by atoms with E-state index < -0.39 is 0 Å². The third-order valence-electron chi connectivity index (χ3n) is 3.14. The average molecular weight is 284 g/mol. The van der Waals surface area contributed by atoms with Crippen LogP contribution in [0.4, 0.5) is 11.4 Å². The molecule has 110 valence electrons. The van der Waals surface area contributed by atoms with Crippen LogP contribution in [0.5, 0.6) is 0 Å². The van der Waals surface area contributed by atoms with Crippen molar-refractivity contribution >= 4 is 17.3 Å². The molecule has 1 aromatic heterocycles. The quantitative estimate of drug-likeness (QED) is 0.793. The summed E-state index contributed by atoms with van der Waals surface area (Å²) in [6.45, 7) is 1.18. The zero-order chi connectivity index (χ0) is 15.1. The summed E-state index contributed by atoms with van der Waals surface area (Å²) in [6.07, 6.45) is 4.46. The minimum Gasteiger partial charge on any atom is -0.399 e. The van der Waals surface area contributed by atoms with Crippen molar-refractivity contribution in [3.8, 4) is 0 Å². The number of carbonyl (C=O) groups is 1. The van der Waals surface area contributed by atoms with Crippen LogP contribution in [0.1, 0.15) is 5.56 Å². The van der Waals surface area contributed by atoms with Crippen LogP contribution in [0.3, 0.4) is 0 Å². The normalized spacial score (nSPS) is 10.6. The molecule has 1 heterocycles. The number of amides is 1. The molecule has 2 aromatic rings. The van der Waals surface area contributed by atoms with E-state index in [1.54, 1.807) is 36.7 Å². The summed E-state index contributed by atoms with van der Waals surface area (Å²) >= 11 is 0. The van der Waals surface area contributed by atoms with E-state index in [4.69, 9.17) is 5.73 Å². The van der Waals surface area contributed by atoms with Crippen molar-refractivity contribution in [1.29, 1.82) is 0 Å². The predicted octanol–water partition coefficient (Wildman–Crippen LogP) is 1.78. The molecule has 0 spiro atoms. The van der Waals surface area contributed by atoms with Gasteiger partial charge in [0.15, 0.2) is 0 Å². The zero-order valence-corrected chi connectivity index (χ0v) is 12.1. The monoisotopic (exact) mass is 284 g/mol. The summed E-state index contributed by atoms with van der Waals surface area (Å²) in [5.74, 6) is -0.0306. The van der Waals surface area contributed by atoms with Crippen LogP contribution in [0.2, 0.25) is 0 Å². The van der Waals surface area contributed by atoms with Crippen molar-refractivity contribution in [3.63, 3.8) is 0 Å². The summed E-state index contributed by atoms with van der Waals surface area (Å²) in [5, 5.41) is 2.85. The van der Waals surface area contributed by atoms with Crippen LogP contribution in [0.15, 0.2) is 48.8 Å². The minimum atomic E-state index is -0.0306. The Morgan fingerprint density at radius 1 is 1.19 bits per heavy atom. The van der Waals surface area contributed by atoms with Crippen molar-refractivity contribution in [2.75, 3.05) is 31.2 Å². The third-order valence-corrected chi connectivity index (χ3v) is 3.14. The molecule has 0 atom stereocenters. The molecular formula is C16H20N4O. The third kappa shape index (κ3) is 5.24. The van der Waals surface area contributed by atoms with E-state index in [-0.39, 0.29) is 5.91 Å². The van der Waals surface area contributed by atoms with Crippen LogP contribution < -0.4 is 11.1 Å². The Labute approximate surface area is 124 Å². The van der Waals surface area contributed by atoms with Crippen LogP contribution in [0.25, 0.3) is 0 Å². The van der Waals surface area contributed by atoms with Gasteiger partial charge in [-0.15, -0.1) is 0 Å². The number of hydrogen-bond donors (Lipinski definition) is 2. The molecule has 1 amide bonds. The van der Waals surface area contributed by atoms with Crippen LogP contribution in [0, 0.1) is 0 Å². The summed E-state index contributed by atoms with van der Waals surface area (Å²) in [5.41, 5.74) is 8.27. The summed E-state index contributed by atoms with van der Waals surface area (Å²) in [4.78, 5) is 17.9. The van der Waals surface area contributed by atoms with E-state index in [2.05, 4.69) is 10.3 Å². The van der Waals surface area contributed by atoms with Gasteiger partial charge in [-0.3, -0.25) is 14.7 Å². The minimum absolute atomic E-state index is 0.0306. The number of benzene rings is 1. The second-order valence-corrected chi connectivity index (χ2v) is 5.01. The Balaban J connectivity index is 1.75. The first-order valence-corrected chi connectivity index (χ1v) is 6.86. The van der Waals surface area contributed by atoms with Gasteiger partial charge in [0.2, 0.25) is 5.91 Å². The van der Waals surface area contributed by atoms with E-state index in [1.807, 2.05) is 24.1 Å². The molecule has 0 bridgehead atoms. The summed E-state index contributed by atoms with van der Waals surface area (Å²) in [6, 6.07) is 11.1. The zero-order valence-electron chi connectivity index (χ0n) is 12.1. The van der Waals surface area contributed by atoms with Gasteiger partial charge in [-0.1, -0.05) is 0 Å². The first kappa shape index (κ1) is 15.0. The molecule has 0 saturated carbocycles. The topological polar surface area (TPSA) is 71.2 Å². The molecule has 21 heavy (non-hydrogen) atoms. The molecule has 5 heteroatoms. The van der Waals surface area contributed by atoms with Crippen LogP contribution in [-0.4, -0.2) is 35.9 Å². The number of anilines is 2. The van der Waals surface area contributed by atoms with Gasteiger partial charge in [-0.2, -0.15) is 0 Å². The number of nitrogens with zero attached hydrogens (tertiary/aromatic N) is 2. The lowest BCUT2D eigenvalue weighted by Crippen LogP contribution is -2.31. The molecule has 1 aromatic carbocycles. The number of pyridine rings is 1. The molecule has 0 unspecified atom stereocenters. The largest absolute Gasteiger partial charge is 0.399 e. The van der Waals surface area contributed by atoms with Gasteiger partial charge in [0.05, 0.1) is 6.54 Å². The standard InChI is InChI=1S/C16H20N4O/c1-20(11-8-13-6-9-18-10-7-13)12-16(21)19-15-4-2-14(17)3-5-15/h2-7,9-10H,8,11-12,17H2,1H3,(H,19,21). The van der Waals surface area contributed by atoms with Crippen molar-refractivity contribution in [2.45, 2.75) is 6.42 Å². The molecule has 3 N–H and O–H groups in total. The van der Waals surface area contributed by atoms with E-state index in [0.29, 0.717) is 12.2 Å². The summed E-state index contributed by atoms with van der Waals surface area (Å²) < 4.78 is 0. The number of hydrogen-bond acceptors (Lipinski definition) is 4. The number of aromatic nitrogens is 1. The number of likely N-dealkylation sites (N-methyl/N-ethyl adjacent to an activating group) is 1. The molecule has 0 fully saturated rings. The Morgan fingerprint density at radius 2 is 1.86 bits per heavy atom. The molecule has 2 rings (SSSR count). The Bertz CT molecular complexity index is 569. The molecule has 0 aliphatic carbocycles.